The van der Waals surface area contributed by atoms with Crippen LogP contribution in [0.3, 0.4) is 0 Å². The highest BCUT2D eigenvalue weighted by molar-refractivity contribution is 9.09. The molecule has 0 N–H and O–H groups in total. The van der Waals surface area contributed by atoms with E-state index in [9.17, 15) is 26.7 Å². The summed E-state index contributed by atoms with van der Waals surface area (Å²) in [7, 11) is 0. The fourth-order valence-corrected chi connectivity index (χ4v) is 1.53. The van der Waals surface area contributed by atoms with E-state index in [1.165, 1.54) is 0 Å². The second-order valence-electron chi connectivity index (χ2n) is 3.34. The maximum Gasteiger partial charge on any atom is 0.406 e. The van der Waals surface area contributed by atoms with E-state index in [2.05, 4.69) is 20.7 Å². The number of halogens is 6. The molecule has 0 aliphatic rings. The van der Waals surface area contributed by atoms with E-state index in [1.807, 2.05) is 0 Å². The van der Waals surface area contributed by atoms with Crippen molar-refractivity contribution in [3.8, 4) is 0 Å². The van der Waals surface area contributed by atoms with Gasteiger partial charge < -0.3 is 9.64 Å². The highest BCUT2D eigenvalue weighted by Crippen LogP contribution is 2.17. The summed E-state index contributed by atoms with van der Waals surface area (Å²) < 4.78 is 64.2. The Morgan fingerprint density at radius 2 is 1.94 bits per heavy atom. The van der Waals surface area contributed by atoms with Crippen LogP contribution in [-0.4, -0.2) is 55.0 Å². The van der Waals surface area contributed by atoms with Crippen molar-refractivity contribution in [3.05, 3.63) is 0 Å². The van der Waals surface area contributed by atoms with Gasteiger partial charge in [-0.25, -0.2) is 8.78 Å². The van der Waals surface area contributed by atoms with Crippen molar-refractivity contribution in [1.82, 2.24) is 4.90 Å². The third kappa shape index (κ3) is 9.58. The second-order valence-corrected chi connectivity index (χ2v) is 4.13. The molecule has 0 rings (SSSR count). The molecule has 108 valence electrons. The lowest BCUT2D eigenvalue weighted by Crippen LogP contribution is -2.40. The van der Waals surface area contributed by atoms with Gasteiger partial charge in [0.05, 0.1) is 13.0 Å². The van der Waals surface area contributed by atoms with Gasteiger partial charge in [0, 0.05) is 11.9 Å². The normalized spacial score (nSPS) is 11.9. The number of carbonyl (C=O) groups excluding carboxylic acids is 1. The van der Waals surface area contributed by atoms with Crippen molar-refractivity contribution in [2.24, 2.45) is 0 Å². The zero-order valence-electron chi connectivity index (χ0n) is 9.35. The number of hydrogen-bond acceptors (Lipinski definition) is 2. The van der Waals surface area contributed by atoms with Crippen LogP contribution in [-0.2, 0) is 9.53 Å². The Balaban J connectivity index is 4.06. The molecule has 0 aromatic heterocycles. The SMILES string of the molecule is O=C(CCOCC(F)F)N(CCBr)CC(F)(F)F. The number of alkyl halides is 6. The van der Waals surface area contributed by atoms with Crippen molar-refractivity contribution < 1.29 is 31.5 Å². The van der Waals surface area contributed by atoms with Gasteiger partial charge in [-0.1, -0.05) is 15.9 Å². The largest absolute Gasteiger partial charge is 0.406 e. The lowest BCUT2D eigenvalue weighted by molar-refractivity contribution is -0.161. The molecule has 1 amide bonds. The third-order valence-corrected chi connectivity index (χ3v) is 2.14. The van der Waals surface area contributed by atoms with Crippen molar-refractivity contribution >= 4 is 21.8 Å². The Morgan fingerprint density at radius 3 is 2.39 bits per heavy atom. The van der Waals surface area contributed by atoms with E-state index >= 15 is 0 Å². The molecule has 0 aliphatic carbocycles. The Kier molecular flexibility index (Phi) is 8.41. The van der Waals surface area contributed by atoms with Crippen LogP contribution in [0.1, 0.15) is 6.42 Å². The van der Waals surface area contributed by atoms with Gasteiger partial charge in [0.15, 0.2) is 0 Å². The van der Waals surface area contributed by atoms with E-state index < -0.39 is 31.7 Å². The van der Waals surface area contributed by atoms with Crippen molar-refractivity contribution in [3.63, 3.8) is 0 Å². The summed E-state index contributed by atoms with van der Waals surface area (Å²) in [4.78, 5) is 12.0. The minimum Gasteiger partial charge on any atom is -0.375 e. The Bertz CT molecular complexity index is 250. The second kappa shape index (κ2) is 8.63. The molecule has 0 aromatic rings. The van der Waals surface area contributed by atoms with E-state index in [0.717, 1.165) is 0 Å². The standard InChI is InChI=1S/C9H13BrF5NO2/c10-2-3-16(6-9(13,14)15)8(17)1-4-18-5-7(11)12/h7H,1-6H2. The van der Waals surface area contributed by atoms with E-state index in [0.29, 0.717) is 4.90 Å². The summed E-state index contributed by atoms with van der Waals surface area (Å²) >= 11 is 2.94. The molecule has 0 saturated heterocycles. The van der Waals surface area contributed by atoms with Gasteiger partial charge in [-0.15, -0.1) is 0 Å². The Labute approximate surface area is 109 Å². The lowest BCUT2D eigenvalue weighted by atomic mass is 10.3. The molecule has 0 heterocycles. The molecule has 0 radical (unpaired) electrons. The molecule has 18 heavy (non-hydrogen) atoms. The Morgan fingerprint density at radius 1 is 1.33 bits per heavy atom. The topological polar surface area (TPSA) is 29.5 Å². The number of hydrogen-bond donors (Lipinski definition) is 0. The molecule has 0 unspecified atom stereocenters. The zero-order valence-corrected chi connectivity index (χ0v) is 10.9. The monoisotopic (exact) mass is 341 g/mol. The first-order valence-corrected chi connectivity index (χ1v) is 6.15. The molecule has 0 fully saturated rings. The van der Waals surface area contributed by atoms with Crippen LogP contribution in [0.25, 0.3) is 0 Å². The van der Waals surface area contributed by atoms with Crippen LogP contribution in [0.15, 0.2) is 0 Å². The van der Waals surface area contributed by atoms with Gasteiger partial charge in [0.2, 0.25) is 5.91 Å². The van der Waals surface area contributed by atoms with Crippen molar-refractivity contribution in [2.45, 2.75) is 19.0 Å². The Hall–Kier alpha value is -0.440. The minimum absolute atomic E-state index is 0.104. The molecular formula is C9H13BrF5NO2. The zero-order chi connectivity index (χ0) is 14.2. The minimum atomic E-state index is -4.48. The predicted octanol–water partition coefficient (Wildman–Crippen LogP) is 2.44. The third-order valence-electron chi connectivity index (χ3n) is 1.78. The highest BCUT2D eigenvalue weighted by atomic mass is 79.9. The van der Waals surface area contributed by atoms with Crippen LogP contribution in [0.4, 0.5) is 22.0 Å². The summed E-state index contributed by atoms with van der Waals surface area (Å²) in [6.45, 7) is -2.61. The van der Waals surface area contributed by atoms with Gasteiger partial charge in [0.1, 0.15) is 13.2 Å². The molecule has 0 spiro atoms. The van der Waals surface area contributed by atoms with Crippen LogP contribution in [0.5, 0.6) is 0 Å². The first-order valence-electron chi connectivity index (χ1n) is 5.02. The molecule has 9 heteroatoms. The summed E-state index contributed by atoms with van der Waals surface area (Å²) in [6, 6.07) is 0. The summed E-state index contributed by atoms with van der Waals surface area (Å²) in [5.41, 5.74) is 0. The van der Waals surface area contributed by atoms with Gasteiger partial charge in [-0.05, 0) is 0 Å². The number of carbonyl (C=O) groups is 1. The van der Waals surface area contributed by atoms with Crippen LogP contribution < -0.4 is 0 Å². The van der Waals surface area contributed by atoms with Crippen molar-refractivity contribution in [2.75, 3.05) is 31.6 Å². The number of nitrogens with zero attached hydrogens (tertiary/aromatic N) is 1. The molecule has 0 bridgehead atoms. The summed E-state index contributed by atoms with van der Waals surface area (Å²) in [5.74, 6) is -0.777. The summed E-state index contributed by atoms with van der Waals surface area (Å²) in [5, 5.41) is 0.201. The lowest BCUT2D eigenvalue weighted by Gasteiger charge is -2.23. The molecule has 3 nitrogen and oxygen atoms in total. The predicted molar refractivity (Wildman–Crippen MR) is 57.9 cm³/mol. The smallest absolute Gasteiger partial charge is 0.375 e. The molecular weight excluding hydrogens is 329 g/mol. The average Bonchev–Trinajstić information content (AvgIpc) is 2.21. The van der Waals surface area contributed by atoms with Gasteiger partial charge in [0.25, 0.3) is 6.43 Å². The van der Waals surface area contributed by atoms with Gasteiger partial charge in [-0.2, -0.15) is 13.2 Å². The average molecular weight is 342 g/mol. The first-order chi connectivity index (χ1) is 8.26. The maximum absolute atomic E-state index is 12.1. The van der Waals surface area contributed by atoms with Crippen LogP contribution >= 0.6 is 15.9 Å². The number of amides is 1. The maximum atomic E-state index is 12.1. The van der Waals surface area contributed by atoms with Gasteiger partial charge >= 0.3 is 6.18 Å². The van der Waals surface area contributed by atoms with E-state index in [1.54, 1.807) is 0 Å². The highest BCUT2D eigenvalue weighted by Gasteiger charge is 2.32. The molecule has 0 aromatic carbocycles. The van der Waals surface area contributed by atoms with E-state index in [-0.39, 0.29) is 24.9 Å². The van der Waals surface area contributed by atoms with Crippen LogP contribution in [0, 0.1) is 0 Å². The molecule has 0 aliphatic heterocycles. The van der Waals surface area contributed by atoms with Gasteiger partial charge in [-0.3, -0.25) is 4.79 Å². The van der Waals surface area contributed by atoms with Crippen LogP contribution in [0.2, 0.25) is 0 Å². The molecule has 0 atom stereocenters. The fourth-order valence-electron chi connectivity index (χ4n) is 1.10. The van der Waals surface area contributed by atoms with E-state index in [4.69, 9.17) is 0 Å². The summed E-state index contributed by atoms with van der Waals surface area (Å²) in [6.07, 6.45) is -7.49. The molecule has 0 saturated carbocycles. The van der Waals surface area contributed by atoms with Crippen molar-refractivity contribution in [1.29, 1.82) is 0 Å². The number of ether oxygens (including phenoxy) is 1. The fraction of sp³-hybridized carbons (Fsp3) is 0.889. The first kappa shape index (κ1) is 17.6. The number of rotatable bonds is 8. The quantitative estimate of drug-likeness (QED) is 0.385.